The minimum Gasteiger partial charge on any atom is -0.301 e. The van der Waals surface area contributed by atoms with Crippen molar-refractivity contribution in [2.45, 2.75) is 44.3 Å². The van der Waals surface area contributed by atoms with Gasteiger partial charge < -0.3 is 4.90 Å². The maximum absolute atomic E-state index is 5.65. The molecule has 90 valence electrons. The third kappa shape index (κ3) is 6.03. The molecular weight excluding hydrogens is 226 g/mol. The van der Waals surface area contributed by atoms with Crippen LogP contribution in [0, 0.1) is 0 Å². The normalized spacial score (nSPS) is 23.2. The fourth-order valence-corrected chi connectivity index (χ4v) is 3.45. The second-order valence-corrected chi connectivity index (χ2v) is 6.09. The summed E-state index contributed by atoms with van der Waals surface area (Å²) < 4.78 is 0. The Morgan fingerprint density at radius 1 is 1.27 bits per heavy atom. The van der Waals surface area contributed by atoms with E-state index in [1.54, 1.807) is 0 Å². The van der Waals surface area contributed by atoms with Crippen LogP contribution < -0.4 is 0 Å². The van der Waals surface area contributed by atoms with E-state index in [0.29, 0.717) is 0 Å². The molecule has 0 spiro atoms. The van der Waals surface area contributed by atoms with E-state index in [4.69, 9.17) is 11.6 Å². The summed E-state index contributed by atoms with van der Waals surface area (Å²) in [5.74, 6) is 2.17. The lowest BCUT2D eigenvalue weighted by molar-refractivity contribution is 0.274. The van der Waals surface area contributed by atoms with Gasteiger partial charge in [-0.1, -0.05) is 19.8 Å². The zero-order valence-corrected chi connectivity index (χ0v) is 11.5. The summed E-state index contributed by atoms with van der Waals surface area (Å²) in [6.45, 7) is 6.23. The van der Waals surface area contributed by atoms with Gasteiger partial charge in [-0.25, -0.2) is 0 Å². The second-order valence-electron chi connectivity index (χ2n) is 4.30. The molecule has 0 bridgehead atoms. The van der Waals surface area contributed by atoms with Crippen LogP contribution in [0.5, 0.6) is 0 Å². The minimum atomic E-state index is 0.832. The molecule has 0 saturated carbocycles. The summed E-state index contributed by atoms with van der Waals surface area (Å²) in [5.41, 5.74) is 0. The summed E-state index contributed by atoms with van der Waals surface area (Å²) in [6, 6.07) is 0. The first kappa shape index (κ1) is 13.7. The van der Waals surface area contributed by atoms with Gasteiger partial charge in [-0.05, 0) is 25.8 Å². The van der Waals surface area contributed by atoms with Gasteiger partial charge in [0.05, 0.1) is 0 Å². The van der Waals surface area contributed by atoms with Crippen LogP contribution in [0.15, 0.2) is 0 Å². The van der Waals surface area contributed by atoms with E-state index >= 15 is 0 Å². The van der Waals surface area contributed by atoms with Gasteiger partial charge >= 0.3 is 0 Å². The van der Waals surface area contributed by atoms with Gasteiger partial charge in [-0.15, -0.1) is 11.6 Å². The first-order valence-electron chi connectivity index (χ1n) is 6.26. The van der Waals surface area contributed by atoms with Gasteiger partial charge in [-0.2, -0.15) is 11.8 Å². The van der Waals surface area contributed by atoms with Crippen LogP contribution in [0.4, 0.5) is 0 Å². The average Bonchev–Trinajstić information content (AvgIpc) is 2.29. The minimum absolute atomic E-state index is 0.832. The summed E-state index contributed by atoms with van der Waals surface area (Å²) in [6.07, 6.45) is 6.54. The molecule has 1 aliphatic rings. The smallest absolute Gasteiger partial charge is 0.0223 e. The van der Waals surface area contributed by atoms with Gasteiger partial charge in [0.2, 0.25) is 0 Å². The van der Waals surface area contributed by atoms with Crippen molar-refractivity contribution in [3.05, 3.63) is 0 Å². The van der Waals surface area contributed by atoms with Crippen molar-refractivity contribution < 1.29 is 0 Å². The van der Waals surface area contributed by atoms with Crippen molar-refractivity contribution in [3.8, 4) is 0 Å². The van der Waals surface area contributed by atoms with E-state index in [1.807, 2.05) is 0 Å². The van der Waals surface area contributed by atoms with Gasteiger partial charge in [-0.3, -0.25) is 0 Å². The number of hydrogen-bond donors (Lipinski definition) is 0. The Labute approximate surface area is 104 Å². The topological polar surface area (TPSA) is 3.24 Å². The predicted octanol–water partition coefficient (Wildman–Crippen LogP) is 3.61. The molecule has 1 unspecified atom stereocenters. The third-order valence-electron chi connectivity index (χ3n) is 3.04. The summed E-state index contributed by atoms with van der Waals surface area (Å²) in [7, 11) is 0. The molecule has 0 aromatic carbocycles. The van der Waals surface area contributed by atoms with Gasteiger partial charge in [0.15, 0.2) is 0 Å². The van der Waals surface area contributed by atoms with Crippen molar-refractivity contribution in [2.24, 2.45) is 0 Å². The zero-order chi connectivity index (χ0) is 10.9. The summed E-state index contributed by atoms with van der Waals surface area (Å²) >= 11 is 7.81. The number of thioether (sulfide) groups is 1. The molecule has 1 heterocycles. The molecule has 1 nitrogen and oxygen atoms in total. The maximum Gasteiger partial charge on any atom is 0.0223 e. The van der Waals surface area contributed by atoms with E-state index in [2.05, 4.69) is 23.6 Å². The summed E-state index contributed by atoms with van der Waals surface area (Å²) in [4.78, 5) is 2.64. The number of rotatable bonds is 7. The highest BCUT2D eigenvalue weighted by atomic mass is 35.5. The molecular formula is C12H24ClNS. The Kier molecular flexibility index (Phi) is 7.94. The molecule has 1 rings (SSSR count). The Morgan fingerprint density at radius 2 is 2.07 bits per heavy atom. The van der Waals surface area contributed by atoms with E-state index < -0.39 is 0 Å². The quantitative estimate of drug-likeness (QED) is 0.501. The van der Waals surface area contributed by atoms with Gasteiger partial charge in [0, 0.05) is 30.0 Å². The number of alkyl halides is 1. The van der Waals surface area contributed by atoms with Crippen LogP contribution in [-0.4, -0.2) is 41.4 Å². The molecule has 0 aliphatic carbocycles. The number of halogens is 1. The standard InChI is InChI=1S/C12H24ClNS/c1-2-12-11-14(9-10-15-12)8-6-4-3-5-7-13/h12H,2-11H2,1H3. The molecule has 0 N–H and O–H groups in total. The fourth-order valence-electron chi connectivity index (χ4n) is 2.01. The molecule has 1 atom stereocenters. The molecule has 0 aromatic heterocycles. The lowest BCUT2D eigenvalue weighted by atomic mass is 10.2. The van der Waals surface area contributed by atoms with Crippen LogP contribution in [0.2, 0.25) is 0 Å². The Hall–Kier alpha value is 0.600. The highest BCUT2D eigenvalue weighted by molar-refractivity contribution is 8.00. The average molecular weight is 250 g/mol. The first-order valence-corrected chi connectivity index (χ1v) is 7.85. The summed E-state index contributed by atoms with van der Waals surface area (Å²) in [5, 5.41) is 0.890. The molecule has 3 heteroatoms. The van der Waals surface area contributed by atoms with Crippen LogP contribution >= 0.6 is 23.4 Å². The SMILES string of the molecule is CCC1CN(CCCCCCCl)CCS1. The predicted molar refractivity (Wildman–Crippen MR) is 72.2 cm³/mol. The largest absolute Gasteiger partial charge is 0.301 e. The molecule has 1 aliphatic heterocycles. The van der Waals surface area contributed by atoms with Crippen LogP contribution in [0.25, 0.3) is 0 Å². The van der Waals surface area contributed by atoms with E-state index in [9.17, 15) is 0 Å². The van der Waals surface area contributed by atoms with Crippen molar-refractivity contribution in [1.82, 2.24) is 4.90 Å². The van der Waals surface area contributed by atoms with Gasteiger partial charge in [0.1, 0.15) is 0 Å². The van der Waals surface area contributed by atoms with Crippen LogP contribution in [-0.2, 0) is 0 Å². The molecule has 0 radical (unpaired) electrons. The van der Waals surface area contributed by atoms with Crippen molar-refractivity contribution in [3.63, 3.8) is 0 Å². The van der Waals surface area contributed by atoms with E-state index in [-0.39, 0.29) is 0 Å². The third-order valence-corrected chi connectivity index (χ3v) is 4.68. The lowest BCUT2D eigenvalue weighted by Crippen LogP contribution is -2.38. The highest BCUT2D eigenvalue weighted by Gasteiger charge is 2.17. The fraction of sp³-hybridized carbons (Fsp3) is 1.00. The number of unbranched alkanes of at least 4 members (excludes halogenated alkanes) is 3. The molecule has 0 aromatic rings. The number of hydrogen-bond acceptors (Lipinski definition) is 2. The Morgan fingerprint density at radius 3 is 2.80 bits per heavy atom. The molecule has 0 amide bonds. The van der Waals surface area contributed by atoms with Crippen LogP contribution in [0.1, 0.15) is 39.0 Å². The highest BCUT2D eigenvalue weighted by Crippen LogP contribution is 2.21. The number of nitrogens with zero attached hydrogens (tertiary/aromatic N) is 1. The molecule has 15 heavy (non-hydrogen) atoms. The van der Waals surface area contributed by atoms with Crippen molar-refractivity contribution in [1.29, 1.82) is 0 Å². The zero-order valence-electron chi connectivity index (χ0n) is 9.88. The maximum atomic E-state index is 5.65. The first-order chi connectivity index (χ1) is 7.36. The monoisotopic (exact) mass is 249 g/mol. The van der Waals surface area contributed by atoms with Gasteiger partial charge in [0.25, 0.3) is 0 Å². The van der Waals surface area contributed by atoms with Crippen molar-refractivity contribution >= 4 is 23.4 Å². The van der Waals surface area contributed by atoms with Crippen molar-refractivity contribution in [2.75, 3.05) is 31.3 Å². The lowest BCUT2D eigenvalue weighted by Gasteiger charge is -2.31. The van der Waals surface area contributed by atoms with E-state index in [0.717, 1.165) is 11.1 Å². The van der Waals surface area contributed by atoms with E-state index in [1.165, 1.54) is 57.5 Å². The van der Waals surface area contributed by atoms with Crippen LogP contribution in [0.3, 0.4) is 0 Å². The molecule has 1 saturated heterocycles. The Bertz CT molecular complexity index is 155. The Balaban J connectivity index is 2.00. The second kappa shape index (κ2) is 8.72. The molecule has 1 fully saturated rings.